The summed E-state index contributed by atoms with van der Waals surface area (Å²) in [6.45, 7) is 1.53. The van der Waals surface area contributed by atoms with E-state index in [0.717, 1.165) is 10.9 Å². The number of pyridine rings is 1. The zero-order chi connectivity index (χ0) is 25.6. The van der Waals surface area contributed by atoms with Gasteiger partial charge in [0.2, 0.25) is 0 Å². The highest BCUT2D eigenvalue weighted by molar-refractivity contribution is 6.30. The fourth-order valence-corrected chi connectivity index (χ4v) is 4.93. The maximum Gasteiger partial charge on any atom is 0.393 e. The van der Waals surface area contributed by atoms with Crippen molar-refractivity contribution in [2.45, 2.75) is 32.5 Å². The van der Waals surface area contributed by atoms with Crippen LogP contribution in [0.3, 0.4) is 0 Å². The molecule has 4 nitrogen and oxygen atoms in total. The third-order valence-electron chi connectivity index (χ3n) is 6.22. The Labute approximate surface area is 209 Å². The van der Waals surface area contributed by atoms with E-state index in [4.69, 9.17) is 11.6 Å². The van der Waals surface area contributed by atoms with Gasteiger partial charge in [0.15, 0.2) is 11.6 Å². The van der Waals surface area contributed by atoms with Gasteiger partial charge in [-0.05, 0) is 29.8 Å². The Kier molecular flexibility index (Phi) is 6.04. The van der Waals surface area contributed by atoms with E-state index in [2.05, 4.69) is 4.98 Å². The van der Waals surface area contributed by atoms with Gasteiger partial charge < -0.3 is 4.57 Å². The zero-order valence-corrected chi connectivity index (χ0v) is 20.0. The van der Waals surface area contributed by atoms with Crippen LogP contribution in [0.5, 0.6) is 0 Å². The van der Waals surface area contributed by atoms with Gasteiger partial charge >= 0.3 is 6.18 Å². The molecule has 1 aliphatic carbocycles. The molecule has 0 amide bonds. The molecule has 182 valence electrons. The molecule has 1 aliphatic rings. The van der Waals surface area contributed by atoms with E-state index in [0.29, 0.717) is 27.6 Å². The van der Waals surface area contributed by atoms with Gasteiger partial charge in [-0.25, -0.2) is 4.98 Å². The Hall–Kier alpha value is -3.71. The molecule has 0 unspecified atom stereocenters. The summed E-state index contributed by atoms with van der Waals surface area (Å²) >= 11 is 6.50. The lowest BCUT2D eigenvalue weighted by molar-refractivity contribution is -0.127. The molecule has 0 saturated heterocycles. The first-order valence-electron chi connectivity index (χ1n) is 11.3. The van der Waals surface area contributed by atoms with E-state index in [1.54, 1.807) is 28.9 Å². The van der Waals surface area contributed by atoms with Crippen LogP contribution in [0, 0.1) is 0 Å². The lowest BCUT2D eigenvalue weighted by Crippen LogP contribution is -2.12. The first kappa shape index (κ1) is 24.0. The predicted octanol–water partition coefficient (Wildman–Crippen LogP) is 7.11. The van der Waals surface area contributed by atoms with Crippen molar-refractivity contribution < 1.29 is 22.8 Å². The van der Waals surface area contributed by atoms with Gasteiger partial charge in [0.25, 0.3) is 0 Å². The minimum atomic E-state index is -4.40. The molecule has 36 heavy (non-hydrogen) atoms. The van der Waals surface area contributed by atoms with E-state index in [-0.39, 0.29) is 40.9 Å². The predicted molar refractivity (Wildman–Crippen MR) is 134 cm³/mol. The molecule has 0 bridgehead atoms. The van der Waals surface area contributed by atoms with Gasteiger partial charge in [-0.1, -0.05) is 54.1 Å². The van der Waals surface area contributed by atoms with E-state index in [1.807, 2.05) is 30.3 Å². The molecule has 2 heterocycles. The van der Waals surface area contributed by atoms with Gasteiger partial charge in [0.1, 0.15) is 5.15 Å². The topological polar surface area (TPSA) is 52.0 Å². The first-order chi connectivity index (χ1) is 17.1. The summed E-state index contributed by atoms with van der Waals surface area (Å²) in [5.41, 5.74) is 2.84. The van der Waals surface area contributed by atoms with Crippen LogP contribution < -0.4 is 0 Å². The normalized spacial score (nSPS) is 14.0. The van der Waals surface area contributed by atoms with Gasteiger partial charge in [-0.15, -0.1) is 0 Å². The monoisotopic (exact) mass is 508 g/mol. The maximum absolute atomic E-state index is 13.2. The van der Waals surface area contributed by atoms with Crippen LogP contribution in [0.2, 0.25) is 5.15 Å². The molecule has 0 atom stereocenters. The summed E-state index contributed by atoms with van der Waals surface area (Å²) in [6.07, 6.45) is -0.332. The number of para-hydroxylation sites is 1. The van der Waals surface area contributed by atoms with Crippen LogP contribution in [-0.2, 0) is 17.8 Å². The standard InChI is InChI=1S/C28H20ClF3N2O2/c1-16(35)26-25(20-7-3-5-9-24(20)36)21-12-17(14-28(30,31)32)10-11-23(21)34(26)15-19-13-18-6-2-4-8-22(18)33-27(19)29/h2-8,10-13H,9,14-15H2,1H3. The largest absolute Gasteiger partial charge is 0.393 e. The number of carbonyl (C=O) groups excluding carboxylic acids is 2. The number of nitrogens with zero attached hydrogens (tertiary/aromatic N) is 2. The Bertz CT molecular complexity index is 1610. The summed E-state index contributed by atoms with van der Waals surface area (Å²) in [7, 11) is 0. The second kappa shape index (κ2) is 9.06. The van der Waals surface area contributed by atoms with Crippen molar-refractivity contribution in [3.05, 3.63) is 94.3 Å². The SMILES string of the molecule is CC(=O)c1c(C2=CC=CCC2=O)c2cc(CC(F)(F)F)ccc2n1Cc1cc2ccccc2nc1Cl. The Morgan fingerprint density at radius 2 is 1.92 bits per heavy atom. The van der Waals surface area contributed by atoms with Gasteiger partial charge in [0.05, 0.1) is 24.2 Å². The lowest BCUT2D eigenvalue weighted by Gasteiger charge is -2.13. The van der Waals surface area contributed by atoms with Crippen molar-refractivity contribution in [3.63, 3.8) is 0 Å². The molecular formula is C28H20ClF3N2O2. The first-order valence-corrected chi connectivity index (χ1v) is 11.7. The number of alkyl halides is 3. The molecule has 2 aromatic heterocycles. The summed E-state index contributed by atoms with van der Waals surface area (Å²) in [6, 6.07) is 13.7. The number of fused-ring (bicyclic) bond motifs is 2. The molecule has 0 fully saturated rings. The second-order valence-corrected chi connectivity index (χ2v) is 9.13. The van der Waals surface area contributed by atoms with Crippen molar-refractivity contribution in [1.29, 1.82) is 0 Å². The highest BCUT2D eigenvalue weighted by Crippen LogP contribution is 2.37. The Morgan fingerprint density at radius 1 is 1.14 bits per heavy atom. The van der Waals surface area contributed by atoms with Crippen molar-refractivity contribution in [2.24, 2.45) is 0 Å². The number of aromatic nitrogens is 2. The number of Topliss-reactive ketones (excluding diaryl/α,β-unsaturated/α-hetero) is 2. The van der Waals surface area contributed by atoms with E-state index < -0.39 is 12.6 Å². The summed E-state index contributed by atoms with van der Waals surface area (Å²) < 4.78 is 41.2. The van der Waals surface area contributed by atoms with Crippen LogP contribution in [0.1, 0.15) is 40.5 Å². The van der Waals surface area contributed by atoms with Crippen molar-refractivity contribution in [1.82, 2.24) is 9.55 Å². The van der Waals surface area contributed by atoms with Crippen LogP contribution >= 0.6 is 11.6 Å². The fraction of sp³-hybridized carbons (Fsp3) is 0.179. The summed E-state index contributed by atoms with van der Waals surface area (Å²) in [5.74, 6) is -0.516. The fourth-order valence-electron chi connectivity index (χ4n) is 4.73. The molecule has 0 radical (unpaired) electrons. The van der Waals surface area contributed by atoms with Crippen LogP contribution in [0.25, 0.3) is 27.4 Å². The molecule has 0 saturated carbocycles. The average Bonchev–Trinajstić information content (AvgIpc) is 3.12. The molecule has 4 aromatic rings. The average molecular weight is 509 g/mol. The van der Waals surface area contributed by atoms with Gasteiger partial charge in [-0.3, -0.25) is 9.59 Å². The number of rotatable bonds is 5. The third kappa shape index (κ3) is 4.46. The number of hydrogen-bond acceptors (Lipinski definition) is 3. The molecule has 8 heteroatoms. The lowest BCUT2D eigenvalue weighted by atomic mass is 9.92. The molecule has 0 aliphatic heterocycles. The highest BCUT2D eigenvalue weighted by atomic mass is 35.5. The zero-order valence-electron chi connectivity index (χ0n) is 19.2. The van der Waals surface area contributed by atoms with Crippen molar-refractivity contribution in [3.8, 4) is 0 Å². The number of carbonyl (C=O) groups is 2. The molecular weight excluding hydrogens is 489 g/mol. The minimum absolute atomic E-state index is 0.0494. The van der Waals surface area contributed by atoms with Gasteiger partial charge in [-0.2, -0.15) is 13.2 Å². The van der Waals surface area contributed by atoms with Gasteiger partial charge in [0, 0.05) is 46.3 Å². The Morgan fingerprint density at radius 3 is 2.64 bits per heavy atom. The number of hydrogen-bond donors (Lipinski definition) is 0. The van der Waals surface area contributed by atoms with E-state index >= 15 is 0 Å². The number of ketones is 2. The van der Waals surface area contributed by atoms with E-state index in [9.17, 15) is 22.8 Å². The van der Waals surface area contributed by atoms with Crippen LogP contribution in [0.15, 0.2) is 66.8 Å². The van der Waals surface area contributed by atoms with Crippen LogP contribution in [0.4, 0.5) is 13.2 Å². The third-order valence-corrected chi connectivity index (χ3v) is 6.54. The maximum atomic E-state index is 13.2. The van der Waals surface area contributed by atoms with E-state index in [1.165, 1.54) is 19.1 Å². The van der Waals surface area contributed by atoms with Crippen molar-refractivity contribution >= 4 is 50.5 Å². The smallest absolute Gasteiger partial charge is 0.333 e. The quantitative estimate of drug-likeness (QED) is 0.213. The molecule has 0 N–H and O–H groups in total. The molecule has 5 rings (SSSR count). The Balaban J connectivity index is 1.77. The molecule has 2 aromatic carbocycles. The second-order valence-electron chi connectivity index (χ2n) is 8.78. The minimum Gasteiger partial charge on any atom is -0.333 e. The summed E-state index contributed by atoms with van der Waals surface area (Å²) in [5, 5.41) is 1.54. The number of benzene rings is 2. The number of allylic oxidation sites excluding steroid dienone is 4. The summed E-state index contributed by atoms with van der Waals surface area (Å²) in [4.78, 5) is 30.3. The van der Waals surface area contributed by atoms with Crippen molar-refractivity contribution in [2.75, 3.05) is 0 Å². The molecule has 0 spiro atoms. The number of halogens is 4. The highest BCUT2D eigenvalue weighted by Gasteiger charge is 2.30. The van der Waals surface area contributed by atoms with Crippen LogP contribution in [-0.4, -0.2) is 27.3 Å².